The second-order valence-corrected chi connectivity index (χ2v) is 3.11. The maximum Gasteiger partial charge on any atom is 0.223 e. The van der Waals surface area contributed by atoms with Crippen molar-refractivity contribution in [2.75, 3.05) is 0 Å². The highest BCUT2D eigenvalue weighted by Crippen LogP contribution is 2.19. The Morgan fingerprint density at radius 3 is 2.47 bits per heavy atom. The fraction of sp³-hybridized carbons (Fsp3) is 0.111. The molecule has 15 heavy (non-hydrogen) atoms. The molecule has 5 nitrogen and oxygen atoms in total. The summed E-state index contributed by atoms with van der Waals surface area (Å²) in [6.07, 6.45) is 0. The van der Waals surface area contributed by atoms with Crippen LogP contribution in [0.2, 0.25) is 0 Å². The second kappa shape index (κ2) is 5.26. The summed E-state index contributed by atoms with van der Waals surface area (Å²) >= 11 is 4.18. The summed E-state index contributed by atoms with van der Waals surface area (Å²) in [5.74, 6) is 0.498. The molecule has 1 aromatic rings. The normalized spacial score (nSPS) is 11.1. The number of aliphatic imine (C=N–C) groups is 2. The minimum atomic E-state index is -0.111. The molecule has 1 aromatic carbocycles. The molecule has 0 saturated heterocycles. The zero-order valence-corrected chi connectivity index (χ0v) is 8.98. The van der Waals surface area contributed by atoms with Gasteiger partial charge in [0, 0.05) is 5.75 Å². The number of para-hydroxylation sites is 1. The zero-order chi connectivity index (χ0) is 11.3. The van der Waals surface area contributed by atoms with E-state index in [2.05, 4.69) is 22.6 Å². The second-order valence-electron chi connectivity index (χ2n) is 2.79. The van der Waals surface area contributed by atoms with Crippen LogP contribution in [-0.4, -0.2) is 11.9 Å². The van der Waals surface area contributed by atoms with Crippen LogP contribution in [0.3, 0.4) is 0 Å². The van der Waals surface area contributed by atoms with Gasteiger partial charge in [0.2, 0.25) is 5.96 Å². The Labute approximate surface area is 93.5 Å². The summed E-state index contributed by atoms with van der Waals surface area (Å²) in [6, 6.07) is 7.49. The Kier molecular flexibility index (Phi) is 3.99. The van der Waals surface area contributed by atoms with E-state index >= 15 is 0 Å². The molecule has 0 amide bonds. The maximum absolute atomic E-state index is 5.51. The number of nitrogens with zero attached hydrogens (tertiary/aromatic N) is 2. The molecule has 0 aromatic heterocycles. The fourth-order valence-electron chi connectivity index (χ4n) is 1.03. The predicted octanol–water partition coefficient (Wildman–Crippen LogP) is 0.336. The lowest BCUT2D eigenvalue weighted by Gasteiger charge is -2.01. The van der Waals surface area contributed by atoms with Crippen molar-refractivity contribution in [2.45, 2.75) is 5.75 Å². The van der Waals surface area contributed by atoms with Crippen molar-refractivity contribution >= 4 is 30.2 Å². The van der Waals surface area contributed by atoms with E-state index in [1.165, 1.54) is 0 Å². The van der Waals surface area contributed by atoms with Gasteiger partial charge in [0.05, 0.1) is 5.69 Å². The molecule has 0 fully saturated rings. The Morgan fingerprint density at radius 1 is 1.20 bits per heavy atom. The largest absolute Gasteiger partial charge is 0.370 e. The molecule has 0 aliphatic rings. The lowest BCUT2D eigenvalue weighted by molar-refractivity contribution is 1.33. The summed E-state index contributed by atoms with van der Waals surface area (Å²) in [5.41, 5.74) is 17.5. The van der Waals surface area contributed by atoms with E-state index in [0.717, 1.165) is 11.3 Å². The van der Waals surface area contributed by atoms with Gasteiger partial charge in [-0.15, -0.1) is 0 Å². The van der Waals surface area contributed by atoms with Crippen molar-refractivity contribution in [2.24, 2.45) is 27.2 Å². The van der Waals surface area contributed by atoms with Crippen LogP contribution in [0, 0.1) is 0 Å². The SMILES string of the molecule is NC(N)=NC(N)=Nc1ccccc1CS. The van der Waals surface area contributed by atoms with E-state index in [1.54, 1.807) is 0 Å². The first-order valence-corrected chi connectivity index (χ1v) is 4.89. The van der Waals surface area contributed by atoms with Gasteiger partial charge in [-0.3, -0.25) is 0 Å². The van der Waals surface area contributed by atoms with Crippen molar-refractivity contribution in [1.29, 1.82) is 0 Å². The average Bonchev–Trinajstić information content (AvgIpc) is 2.17. The van der Waals surface area contributed by atoms with Crippen LogP contribution in [0.4, 0.5) is 5.69 Å². The summed E-state index contributed by atoms with van der Waals surface area (Å²) in [6.45, 7) is 0. The minimum absolute atomic E-state index is 0.0317. The predicted molar refractivity (Wildman–Crippen MR) is 66.2 cm³/mol. The number of hydrogen-bond donors (Lipinski definition) is 4. The maximum atomic E-state index is 5.51. The summed E-state index contributed by atoms with van der Waals surface area (Å²) in [4.78, 5) is 7.69. The first kappa shape index (κ1) is 11.4. The Bertz CT molecular complexity index is 395. The van der Waals surface area contributed by atoms with Gasteiger partial charge in [0.15, 0.2) is 5.96 Å². The molecule has 80 valence electrons. The smallest absolute Gasteiger partial charge is 0.223 e. The van der Waals surface area contributed by atoms with Gasteiger partial charge < -0.3 is 17.2 Å². The molecule has 0 aliphatic carbocycles. The third-order valence-corrected chi connectivity index (χ3v) is 1.98. The first-order chi connectivity index (χ1) is 7.13. The molecule has 6 heteroatoms. The lowest BCUT2D eigenvalue weighted by Crippen LogP contribution is -2.26. The van der Waals surface area contributed by atoms with Crippen LogP contribution in [0.5, 0.6) is 0 Å². The van der Waals surface area contributed by atoms with Crippen LogP contribution in [0.15, 0.2) is 34.3 Å². The topological polar surface area (TPSA) is 103 Å². The highest BCUT2D eigenvalue weighted by atomic mass is 32.1. The average molecular weight is 223 g/mol. The fourth-order valence-corrected chi connectivity index (χ4v) is 1.30. The molecule has 0 radical (unpaired) electrons. The van der Waals surface area contributed by atoms with E-state index in [9.17, 15) is 0 Å². The van der Waals surface area contributed by atoms with Crippen molar-refractivity contribution in [3.8, 4) is 0 Å². The zero-order valence-electron chi connectivity index (χ0n) is 8.09. The van der Waals surface area contributed by atoms with Crippen molar-refractivity contribution in [3.05, 3.63) is 29.8 Å². The molecule has 0 bridgehead atoms. The van der Waals surface area contributed by atoms with Gasteiger partial charge in [-0.25, -0.2) is 4.99 Å². The van der Waals surface area contributed by atoms with Crippen LogP contribution < -0.4 is 17.2 Å². The van der Waals surface area contributed by atoms with E-state index in [-0.39, 0.29) is 11.9 Å². The molecule has 1 rings (SSSR count). The van der Waals surface area contributed by atoms with Crippen LogP contribution in [0.25, 0.3) is 0 Å². The number of thiol groups is 1. The van der Waals surface area contributed by atoms with Gasteiger partial charge >= 0.3 is 0 Å². The van der Waals surface area contributed by atoms with Gasteiger partial charge in [-0.2, -0.15) is 17.6 Å². The minimum Gasteiger partial charge on any atom is -0.370 e. The van der Waals surface area contributed by atoms with Crippen molar-refractivity contribution in [3.63, 3.8) is 0 Å². The van der Waals surface area contributed by atoms with Crippen molar-refractivity contribution in [1.82, 2.24) is 0 Å². The van der Waals surface area contributed by atoms with Gasteiger partial charge in [0.25, 0.3) is 0 Å². The van der Waals surface area contributed by atoms with E-state index in [4.69, 9.17) is 17.2 Å². The summed E-state index contributed by atoms with van der Waals surface area (Å²) < 4.78 is 0. The number of rotatable bonds is 2. The molecule has 0 heterocycles. The highest BCUT2D eigenvalue weighted by molar-refractivity contribution is 7.79. The summed E-state index contributed by atoms with van der Waals surface area (Å²) in [5, 5.41) is 0. The molecular weight excluding hydrogens is 210 g/mol. The van der Waals surface area contributed by atoms with E-state index in [1.807, 2.05) is 24.3 Å². The van der Waals surface area contributed by atoms with Gasteiger partial charge in [-0.1, -0.05) is 18.2 Å². The Morgan fingerprint density at radius 2 is 1.87 bits per heavy atom. The monoisotopic (exact) mass is 223 g/mol. The first-order valence-electron chi connectivity index (χ1n) is 4.26. The lowest BCUT2D eigenvalue weighted by atomic mass is 10.2. The molecule has 6 N–H and O–H groups in total. The number of nitrogens with two attached hydrogens (primary N) is 3. The van der Waals surface area contributed by atoms with E-state index < -0.39 is 0 Å². The number of hydrogen-bond acceptors (Lipinski definition) is 2. The van der Waals surface area contributed by atoms with Gasteiger partial charge in [0.1, 0.15) is 0 Å². The highest BCUT2D eigenvalue weighted by Gasteiger charge is 1.98. The number of benzene rings is 1. The van der Waals surface area contributed by atoms with Gasteiger partial charge in [-0.05, 0) is 11.6 Å². The molecule has 0 atom stereocenters. The number of guanidine groups is 2. The Balaban J connectivity index is 3.02. The standard InChI is InChI=1S/C9H13N5S/c10-8(11)14-9(12)13-7-4-2-1-3-6(7)5-15/h1-4,15H,5H2,(H6,10,11,12,13,14). The van der Waals surface area contributed by atoms with Crippen LogP contribution in [-0.2, 0) is 5.75 Å². The summed E-state index contributed by atoms with van der Waals surface area (Å²) in [7, 11) is 0. The third-order valence-electron chi connectivity index (χ3n) is 1.64. The molecule has 0 spiro atoms. The van der Waals surface area contributed by atoms with Crippen LogP contribution >= 0.6 is 12.6 Å². The molecule has 0 aliphatic heterocycles. The third kappa shape index (κ3) is 3.51. The van der Waals surface area contributed by atoms with Crippen LogP contribution in [0.1, 0.15) is 5.56 Å². The Hall–Kier alpha value is -1.69. The molecule has 0 unspecified atom stereocenters. The molecular formula is C9H13N5S. The quantitative estimate of drug-likeness (QED) is 0.330. The van der Waals surface area contributed by atoms with E-state index in [0.29, 0.717) is 5.75 Å². The van der Waals surface area contributed by atoms with Crippen molar-refractivity contribution < 1.29 is 0 Å². The molecule has 0 saturated carbocycles.